The van der Waals surface area contributed by atoms with Crippen molar-refractivity contribution in [2.75, 3.05) is 13.1 Å². The van der Waals surface area contributed by atoms with Gasteiger partial charge in [-0.1, -0.05) is 32.0 Å². The first-order chi connectivity index (χ1) is 8.69. The number of benzene rings is 1. The minimum Gasteiger partial charge on any atom is -0.410 e. The van der Waals surface area contributed by atoms with E-state index in [1.165, 1.54) is 0 Å². The summed E-state index contributed by atoms with van der Waals surface area (Å²) in [5.74, 6) is 0.619. The van der Waals surface area contributed by atoms with Crippen molar-refractivity contribution in [3.63, 3.8) is 0 Å². The molecule has 0 saturated carbocycles. The van der Waals surface area contributed by atoms with Crippen LogP contribution in [0.4, 0.5) is 4.79 Å². The lowest BCUT2D eigenvalue weighted by Crippen LogP contribution is -2.33. The molecule has 0 aromatic heterocycles. The molecule has 1 aliphatic rings. The molecule has 1 saturated heterocycles. The van der Waals surface area contributed by atoms with Crippen molar-refractivity contribution in [3.8, 4) is 5.75 Å². The fraction of sp³-hybridized carbons (Fsp3) is 0.533. The number of carbonyl (C=O) groups is 1. The van der Waals surface area contributed by atoms with E-state index >= 15 is 0 Å². The SMILES string of the molecule is CCC1(CC)CCN(C(=O)Oc2ccccc2)C1. The molecular formula is C15H21NO2. The maximum absolute atomic E-state index is 12.0. The Balaban J connectivity index is 1.96. The van der Waals surface area contributed by atoms with Gasteiger partial charge in [0.25, 0.3) is 0 Å². The molecule has 3 nitrogen and oxygen atoms in total. The van der Waals surface area contributed by atoms with E-state index < -0.39 is 0 Å². The third kappa shape index (κ3) is 2.66. The monoisotopic (exact) mass is 247 g/mol. The van der Waals surface area contributed by atoms with Gasteiger partial charge in [0.1, 0.15) is 5.75 Å². The van der Waals surface area contributed by atoms with Crippen LogP contribution in [0, 0.1) is 5.41 Å². The minimum absolute atomic E-state index is 0.218. The van der Waals surface area contributed by atoms with Crippen LogP contribution in [0.1, 0.15) is 33.1 Å². The number of nitrogens with zero attached hydrogens (tertiary/aromatic N) is 1. The van der Waals surface area contributed by atoms with E-state index in [9.17, 15) is 4.79 Å². The highest BCUT2D eigenvalue weighted by atomic mass is 16.6. The Kier molecular flexibility index (Phi) is 3.90. The number of rotatable bonds is 3. The van der Waals surface area contributed by atoms with E-state index in [4.69, 9.17) is 4.74 Å². The summed E-state index contributed by atoms with van der Waals surface area (Å²) >= 11 is 0. The van der Waals surface area contributed by atoms with Gasteiger partial charge in [-0.3, -0.25) is 0 Å². The maximum atomic E-state index is 12.0. The first-order valence-electron chi connectivity index (χ1n) is 6.71. The number of hydrogen-bond acceptors (Lipinski definition) is 2. The van der Waals surface area contributed by atoms with Gasteiger partial charge in [-0.05, 0) is 36.8 Å². The van der Waals surface area contributed by atoms with Gasteiger partial charge in [0.2, 0.25) is 0 Å². The van der Waals surface area contributed by atoms with Crippen LogP contribution >= 0.6 is 0 Å². The van der Waals surface area contributed by atoms with Gasteiger partial charge in [-0.2, -0.15) is 0 Å². The summed E-state index contributed by atoms with van der Waals surface area (Å²) in [5, 5.41) is 0. The van der Waals surface area contributed by atoms with Crippen LogP contribution in [0.25, 0.3) is 0 Å². The zero-order valence-corrected chi connectivity index (χ0v) is 11.2. The zero-order valence-electron chi connectivity index (χ0n) is 11.2. The van der Waals surface area contributed by atoms with Crippen molar-refractivity contribution in [2.24, 2.45) is 5.41 Å². The summed E-state index contributed by atoms with van der Waals surface area (Å²) in [6, 6.07) is 9.26. The first kappa shape index (κ1) is 12.9. The molecule has 1 aromatic rings. The van der Waals surface area contributed by atoms with Crippen LogP contribution in [-0.4, -0.2) is 24.1 Å². The second-order valence-electron chi connectivity index (χ2n) is 5.06. The van der Waals surface area contributed by atoms with Crippen LogP contribution in [-0.2, 0) is 0 Å². The van der Waals surface area contributed by atoms with E-state index in [-0.39, 0.29) is 6.09 Å². The van der Waals surface area contributed by atoms with E-state index in [1.807, 2.05) is 23.1 Å². The Bertz CT molecular complexity index is 398. The number of likely N-dealkylation sites (tertiary alicyclic amines) is 1. The second-order valence-corrected chi connectivity index (χ2v) is 5.06. The molecule has 1 aliphatic heterocycles. The molecule has 1 amide bonds. The third-order valence-corrected chi connectivity index (χ3v) is 4.14. The zero-order chi connectivity index (χ0) is 13.0. The number of para-hydroxylation sites is 1. The van der Waals surface area contributed by atoms with Gasteiger partial charge in [-0.15, -0.1) is 0 Å². The summed E-state index contributed by atoms with van der Waals surface area (Å²) in [6.45, 7) is 6.05. The quantitative estimate of drug-likeness (QED) is 0.815. The molecule has 0 aliphatic carbocycles. The fourth-order valence-corrected chi connectivity index (χ4v) is 2.57. The predicted molar refractivity (Wildman–Crippen MR) is 71.7 cm³/mol. The maximum Gasteiger partial charge on any atom is 0.415 e. The van der Waals surface area contributed by atoms with Crippen LogP contribution < -0.4 is 4.74 Å². The molecule has 0 unspecified atom stereocenters. The highest BCUT2D eigenvalue weighted by molar-refractivity contribution is 5.71. The molecule has 0 atom stereocenters. The Morgan fingerprint density at radius 1 is 1.28 bits per heavy atom. The van der Waals surface area contributed by atoms with Crippen molar-refractivity contribution in [1.29, 1.82) is 0 Å². The van der Waals surface area contributed by atoms with Gasteiger partial charge in [0, 0.05) is 13.1 Å². The molecule has 0 spiro atoms. The van der Waals surface area contributed by atoms with Gasteiger partial charge >= 0.3 is 6.09 Å². The molecule has 2 rings (SSSR count). The average Bonchev–Trinajstić information content (AvgIpc) is 2.85. The second kappa shape index (κ2) is 5.42. The molecular weight excluding hydrogens is 226 g/mol. The number of carbonyl (C=O) groups excluding carboxylic acids is 1. The largest absolute Gasteiger partial charge is 0.415 e. The smallest absolute Gasteiger partial charge is 0.410 e. The molecule has 0 N–H and O–H groups in total. The van der Waals surface area contributed by atoms with Crippen molar-refractivity contribution in [2.45, 2.75) is 33.1 Å². The summed E-state index contributed by atoms with van der Waals surface area (Å²) in [5.41, 5.74) is 0.301. The molecule has 0 radical (unpaired) electrons. The summed E-state index contributed by atoms with van der Waals surface area (Å²) in [7, 11) is 0. The summed E-state index contributed by atoms with van der Waals surface area (Å²) < 4.78 is 5.37. The lowest BCUT2D eigenvalue weighted by atomic mass is 9.82. The minimum atomic E-state index is -0.218. The standard InChI is InChI=1S/C15H21NO2/c1-3-15(4-2)10-11-16(12-15)14(17)18-13-8-6-5-7-9-13/h5-9H,3-4,10-12H2,1-2H3. The normalized spacial score (nSPS) is 17.8. The Labute approximate surface area is 109 Å². The van der Waals surface area contributed by atoms with Crippen LogP contribution in [0.15, 0.2) is 30.3 Å². The van der Waals surface area contributed by atoms with Crippen molar-refractivity contribution in [1.82, 2.24) is 4.90 Å². The van der Waals surface area contributed by atoms with E-state index in [2.05, 4.69) is 13.8 Å². The van der Waals surface area contributed by atoms with Crippen LogP contribution in [0.3, 0.4) is 0 Å². The van der Waals surface area contributed by atoms with E-state index in [1.54, 1.807) is 12.1 Å². The molecule has 0 bridgehead atoms. The predicted octanol–water partition coefficient (Wildman–Crippen LogP) is 3.70. The highest BCUT2D eigenvalue weighted by Crippen LogP contribution is 2.37. The van der Waals surface area contributed by atoms with Gasteiger partial charge in [0.15, 0.2) is 0 Å². The summed E-state index contributed by atoms with van der Waals surface area (Å²) in [4.78, 5) is 13.9. The van der Waals surface area contributed by atoms with Gasteiger partial charge in [-0.25, -0.2) is 4.79 Å². The number of hydrogen-bond donors (Lipinski definition) is 0. The number of amides is 1. The molecule has 3 heteroatoms. The van der Waals surface area contributed by atoms with Gasteiger partial charge < -0.3 is 9.64 Å². The Morgan fingerprint density at radius 2 is 1.94 bits per heavy atom. The Morgan fingerprint density at radius 3 is 2.50 bits per heavy atom. The molecule has 1 aromatic carbocycles. The first-order valence-corrected chi connectivity index (χ1v) is 6.71. The summed E-state index contributed by atoms with van der Waals surface area (Å²) in [6.07, 6.45) is 3.12. The van der Waals surface area contributed by atoms with E-state index in [0.29, 0.717) is 11.2 Å². The van der Waals surface area contributed by atoms with Gasteiger partial charge in [0.05, 0.1) is 0 Å². The van der Waals surface area contributed by atoms with Crippen molar-refractivity contribution >= 4 is 6.09 Å². The molecule has 1 fully saturated rings. The lowest BCUT2D eigenvalue weighted by molar-refractivity contribution is 0.154. The highest BCUT2D eigenvalue weighted by Gasteiger charge is 2.37. The molecule has 18 heavy (non-hydrogen) atoms. The molecule has 1 heterocycles. The Hall–Kier alpha value is -1.51. The van der Waals surface area contributed by atoms with Crippen molar-refractivity contribution < 1.29 is 9.53 Å². The van der Waals surface area contributed by atoms with E-state index in [0.717, 1.165) is 32.4 Å². The van der Waals surface area contributed by atoms with Crippen molar-refractivity contribution in [3.05, 3.63) is 30.3 Å². The molecule has 98 valence electrons. The van der Waals surface area contributed by atoms with Crippen LogP contribution in [0.2, 0.25) is 0 Å². The lowest BCUT2D eigenvalue weighted by Gasteiger charge is -2.25. The fourth-order valence-electron chi connectivity index (χ4n) is 2.57. The van der Waals surface area contributed by atoms with Crippen LogP contribution in [0.5, 0.6) is 5.75 Å². The topological polar surface area (TPSA) is 29.5 Å². The number of ether oxygens (including phenoxy) is 1. The average molecular weight is 247 g/mol. The third-order valence-electron chi connectivity index (χ3n) is 4.14.